The van der Waals surface area contributed by atoms with Gasteiger partial charge in [-0.2, -0.15) is 0 Å². The summed E-state index contributed by atoms with van der Waals surface area (Å²) in [5.41, 5.74) is 1.93. The molecule has 0 saturated carbocycles. The number of unbranched alkanes of at least 4 members (excludes halogenated alkanes) is 5. The second-order valence-corrected chi connectivity index (χ2v) is 5.79. The lowest BCUT2D eigenvalue weighted by atomic mass is 10.0. The molecule has 0 unspecified atom stereocenters. The molecule has 22 heavy (non-hydrogen) atoms. The maximum Gasteiger partial charge on any atom is 0.150 e. The number of terminal acetylenes is 3. The summed E-state index contributed by atoms with van der Waals surface area (Å²) in [6.07, 6.45) is 23.6. The average Bonchev–Trinajstić information content (AvgIpc) is 2.56. The molecule has 0 atom stereocenters. The maximum absolute atomic E-state index is 5.82. The Balaban J connectivity index is 2.51. The number of halogens is 1. The third-order valence-corrected chi connectivity index (χ3v) is 3.90. The fourth-order valence-corrected chi connectivity index (χ4v) is 2.56. The van der Waals surface area contributed by atoms with Gasteiger partial charge in [0.2, 0.25) is 0 Å². The lowest BCUT2D eigenvalue weighted by Crippen LogP contribution is -2.02. The minimum Gasteiger partial charge on any atom is -0.491 e. The number of hydrogen-bond donors (Lipinski definition) is 0. The van der Waals surface area contributed by atoms with Gasteiger partial charge in [0.1, 0.15) is 0 Å². The normalized spacial score (nSPS) is 9.55. The van der Waals surface area contributed by atoms with Crippen molar-refractivity contribution in [2.75, 3.05) is 11.9 Å². The number of benzene rings is 1. The molecule has 0 fully saturated rings. The van der Waals surface area contributed by atoms with Crippen LogP contribution >= 0.6 is 15.9 Å². The zero-order valence-corrected chi connectivity index (χ0v) is 14.4. The summed E-state index contributed by atoms with van der Waals surface area (Å²) in [4.78, 5) is 0. The van der Waals surface area contributed by atoms with E-state index in [1.807, 2.05) is 0 Å². The van der Waals surface area contributed by atoms with Gasteiger partial charge in [0, 0.05) is 10.9 Å². The third-order valence-electron chi connectivity index (χ3n) is 3.34. The molecule has 1 aromatic rings. The lowest BCUT2D eigenvalue weighted by Gasteiger charge is -2.11. The molecule has 1 rings (SSSR count). The van der Waals surface area contributed by atoms with E-state index in [9.17, 15) is 0 Å². The molecule has 2 heteroatoms. The third kappa shape index (κ3) is 5.89. The molecule has 0 spiro atoms. The van der Waals surface area contributed by atoms with Crippen molar-refractivity contribution in [1.82, 2.24) is 0 Å². The molecule has 1 nitrogen and oxygen atoms in total. The van der Waals surface area contributed by atoms with Crippen LogP contribution in [0.4, 0.5) is 0 Å². The summed E-state index contributed by atoms with van der Waals surface area (Å²) in [6, 6.07) is 3.52. The van der Waals surface area contributed by atoms with E-state index in [2.05, 4.69) is 33.7 Å². The molecule has 0 amide bonds. The summed E-state index contributed by atoms with van der Waals surface area (Å²) in [5, 5.41) is 1.09. The SMILES string of the molecule is C#Cc1cc(C#C)c(OCCCCCCCCBr)c(C#C)c1. The van der Waals surface area contributed by atoms with Gasteiger partial charge in [-0.05, 0) is 25.0 Å². The van der Waals surface area contributed by atoms with Crippen LogP contribution in [0.1, 0.15) is 55.2 Å². The highest BCUT2D eigenvalue weighted by molar-refractivity contribution is 9.09. The first-order valence-corrected chi connectivity index (χ1v) is 8.65. The van der Waals surface area contributed by atoms with Crippen molar-refractivity contribution in [2.45, 2.75) is 38.5 Å². The lowest BCUT2D eigenvalue weighted by molar-refractivity contribution is 0.303. The summed E-state index contributed by atoms with van der Waals surface area (Å²) < 4.78 is 5.82. The van der Waals surface area contributed by atoms with Crippen molar-refractivity contribution in [1.29, 1.82) is 0 Å². The second kappa shape index (κ2) is 10.8. The number of alkyl halides is 1. The molecular weight excluding hydrogens is 336 g/mol. The predicted molar refractivity (Wildman–Crippen MR) is 97.2 cm³/mol. The van der Waals surface area contributed by atoms with Gasteiger partial charge >= 0.3 is 0 Å². The average molecular weight is 357 g/mol. The van der Waals surface area contributed by atoms with Crippen LogP contribution in [0.3, 0.4) is 0 Å². The van der Waals surface area contributed by atoms with E-state index in [-0.39, 0.29) is 0 Å². The van der Waals surface area contributed by atoms with Crippen molar-refractivity contribution in [3.63, 3.8) is 0 Å². The van der Waals surface area contributed by atoms with Crippen LogP contribution in [0.25, 0.3) is 0 Å². The van der Waals surface area contributed by atoms with E-state index in [1.165, 1.54) is 25.7 Å². The monoisotopic (exact) mass is 356 g/mol. The minimum atomic E-state index is 0.600. The zero-order chi connectivity index (χ0) is 16.2. The van der Waals surface area contributed by atoms with E-state index in [4.69, 9.17) is 24.0 Å². The topological polar surface area (TPSA) is 9.23 Å². The standard InChI is InChI=1S/C20H21BrO/c1-4-17-15-18(5-2)20(19(6-3)16-17)22-14-12-10-8-7-9-11-13-21/h1-3,15-16H,7-14H2. The van der Waals surface area contributed by atoms with Gasteiger partial charge in [0.05, 0.1) is 17.7 Å². The fraction of sp³-hybridized carbons (Fsp3) is 0.400. The Morgan fingerprint density at radius 1 is 0.818 bits per heavy atom. The van der Waals surface area contributed by atoms with Crippen molar-refractivity contribution in [3.05, 3.63) is 28.8 Å². The van der Waals surface area contributed by atoms with Crippen LogP contribution in [-0.2, 0) is 0 Å². The molecule has 0 aliphatic carbocycles. The Hall–Kier alpha value is -1.82. The van der Waals surface area contributed by atoms with E-state index < -0.39 is 0 Å². The van der Waals surface area contributed by atoms with Crippen molar-refractivity contribution in [3.8, 4) is 42.8 Å². The molecule has 0 N–H and O–H groups in total. The van der Waals surface area contributed by atoms with Gasteiger partial charge in [0.15, 0.2) is 5.75 Å². The molecule has 0 radical (unpaired) electrons. The molecular formula is C20H21BrO. The summed E-state index contributed by atoms with van der Waals surface area (Å²) in [5.74, 6) is 8.35. The first-order chi connectivity index (χ1) is 10.8. The van der Waals surface area contributed by atoms with Gasteiger partial charge in [-0.1, -0.05) is 59.4 Å². The molecule has 0 aliphatic rings. The number of ether oxygens (including phenoxy) is 1. The van der Waals surface area contributed by atoms with Crippen LogP contribution in [0.2, 0.25) is 0 Å². The zero-order valence-electron chi connectivity index (χ0n) is 12.8. The van der Waals surface area contributed by atoms with Crippen LogP contribution in [0, 0.1) is 37.0 Å². The van der Waals surface area contributed by atoms with Crippen LogP contribution in [0.5, 0.6) is 5.75 Å². The molecule has 0 aromatic heterocycles. The highest BCUT2D eigenvalue weighted by atomic mass is 79.9. The van der Waals surface area contributed by atoms with Crippen LogP contribution in [-0.4, -0.2) is 11.9 Å². The summed E-state index contributed by atoms with van der Waals surface area (Å²) in [6.45, 7) is 0.622. The Morgan fingerprint density at radius 2 is 1.36 bits per heavy atom. The molecule has 1 aromatic carbocycles. The van der Waals surface area contributed by atoms with Gasteiger partial charge < -0.3 is 4.74 Å². The maximum atomic E-state index is 5.82. The first-order valence-electron chi connectivity index (χ1n) is 7.53. The Kier molecular flexibility index (Phi) is 8.98. The van der Waals surface area contributed by atoms with Gasteiger partial charge in [-0.25, -0.2) is 0 Å². The van der Waals surface area contributed by atoms with Crippen LogP contribution < -0.4 is 4.74 Å². The molecule has 114 valence electrons. The predicted octanol–water partition coefficient (Wildman–Crippen LogP) is 4.74. The van der Waals surface area contributed by atoms with E-state index in [1.54, 1.807) is 12.1 Å². The largest absolute Gasteiger partial charge is 0.491 e. The first kappa shape index (κ1) is 18.2. The summed E-state index contributed by atoms with van der Waals surface area (Å²) >= 11 is 3.44. The Labute approximate surface area is 143 Å². The molecule has 0 bridgehead atoms. The minimum absolute atomic E-state index is 0.600. The Bertz CT molecular complexity index is 561. The quantitative estimate of drug-likeness (QED) is 0.352. The van der Waals surface area contributed by atoms with E-state index in [0.29, 0.717) is 29.0 Å². The summed E-state index contributed by atoms with van der Waals surface area (Å²) in [7, 11) is 0. The van der Waals surface area contributed by atoms with E-state index in [0.717, 1.165) is 18.2 Å². The van der Waals surface area contributed by atoms with Gasteiger partial charge in [0.25, 0.3) is 0 Å². The van der Waals surface area contributed by atoms with Crippen molar-refractivity contribution >= 4 is 15.9 Å². The highest BCUT2D eigenvalue weighted by Gasteiger charge is 2.09. The molecule has 0 heterocycles. The smallest absolute Gasteiger partial charge is 0.150 e. The van der Waals surface area contributed by atoms with Gasteiger partial charge in [-0.3, -0.25) is 0 Å². The molecule has 0 aliphatic heterocycles. The van der Waals surface area contributed by atoms with E-state index >= 15 is 0 Å². The van der Waals surface area contributed by atoms with Crippen molar-refractivity contribution in [2.24, 2.45) is 0 Å². The highest BCUT2D eigenvalue weighted by Crippen LogP contribution is 2.25. The Morgan fingerprint density at radius 3 is 1.86 bits per heavy atom. The van der Waals surface area contributed by atoms with Crippen molar-refractivity contribution < 1.29 is 4.74 Å². The second-order valence-electron chi connectivity index (χ2n) is 4.99. The number of hydrogen-bond acceptors (Lipinski definition) is 1. The number of rotatable bonds is 9. The van der Waals surface area contributed by atoms with Gasteiger partial charge in [-0.15, -0.1) is 19.3 Å². The molecule has 0 saturated heterocycles. The van der Waals surface area contributed by atoms with Crippen LogP contribution in [0.15, 0.2) is 12.1 Å². The fourth-order valence-electron chi connectivity index (χ4n) is 2.16.